The molecule has 1 heterocycles. The van der Waals surface area contributed by atoms with Crippen molar-refractivity contribution >= 4 is 11.6 Å². The molecule has 29 heavy (non-hydrogen) atoms. The highest BCUT2D eigenvalue weighted by Crippen LogP contribution is 2.46. The van der Waals surface area contributed by atoms with E-state index in [1.54, 1.807) is 18.0 Å². The molecule has 0 radical (unpaired) electrons. The van der Waals surface area contributed by atoms with Crippen LogP contribution in [0.5, 0.6) is 11.5 Å². The van der Waals surface area contributed by atoms with E-state index in [-0.39, 0.29) is 11.7 Å². The first-order valence-electron chi connectivity index (χ1n) is 10.2. The number of rotatable bonds is 5. The van der Waals surface area contributed by atoms with Crippen molar-refractivity contribution in [3.05, 3.63) is 53.8 Å². The maximum absolute atomic E-state index is 13.4. The van der Waals surface area contributed by atoms with Gasteiger partial charge in [-0.25, -0.2) is 4.39 Å². The van der Waals surface area contributed by atoms with Crippen molar-refractivity contribution in [2.24, 2.45) is 0 Å². The van der Waals surface area contributed by atoms with Gasteiger partial charge >= 0.3 is 0 Å². The van der Waals surface area contributed by atoms with E-state index >= 15 is 0 Å². The van der Waals surface area contributed by atoms with Gasteiger partial charge in [0.1, 0.15) is 11.9 Å². The van der Waals surface area contributed by atoms with Crippen LogP contribution in [0.25, 0.3) is 0 Å². The second kappa shape index (κ2) is 7.93. The van der Waals surface area contributed by atoms with Crippen LogP contribution in [0.1, 0.15) is 44.6 Å². The lowest BCUT2D eigenvalue weighted by Gasteiger charge is -2.31. The molecule has 5 nitrogen and oxygen atoms in total. The third-order valence-electron chi connectivity index (χ3n) is 5.59. The molecule has 0 bridgehead atoms. The largest absolute Gasteiger partial charge is 0.448 e. The lowest BCUT2D eigenvalue weighted by atomic mass is 9.94. The number of hydrogen-bond acceptors (Lipinski definition) is 4. The van der Waals surface area contributed by atoms with Gasteiger partial charge in [0.05, 0.1) is 0 Å². The molecule has 154 valence electrons. The van der Waals surface area contributed by atoms with Gasteiger partial charge in [0.2, 0.25) is 5.91 Å². The average molecular weight is 398 g/mol. The number of anilines is 1. The SMILES string of the molecule is CC(Nc1ccc2c(c1)OC1(CCCCC1)O2)C(=O)N(C)Cc1cccc(F)c1. The second-order valence-corrected chi connectivity index (χ2v) is 8.03. The summed E-state index contributed by atoms with van der Waals surface area (Å²) < 4.78 is 25.6. The molecule has 2 aromatic rings. The first-order valence-corrected chi connectivity index (χ1v) is 10.2. The van der Waals surface area contributed by atoms with Crippen LogP contribution in [0.4, 0.5) is 10.1 Å². The summed E-state index contributed by atoms with van der Waals surface area (Å²) in [4.78, 5) is 14.3. The molecule has 2 aromatic carbocycles. The molecule has 0 aromatic heterocycles. The minimum absolute atomic E-state index is 0.0734. The molecule has 1 spiro atoms. The Morgan fingerprint density at radius 2 is 1.90 bits per heavy atom. The van der Waals surface area contributed by atoms with Gasteiger partial charge < -0.3 is 19.7 Å². The number of benzene rings is 2. The molecule has 1 N–H and O–H groups in total. The van der Waals surface area contributed by atoms with Gasteiger partial charge in [0.15, 0.2) is 11.5 Å². The summed E-state index contributed by atoms with van der Waals surface area (Å²) in [5, 5.41) is 3.24. The van der Waals surface area contributed by atoms with Crippen molar-refractivity contribution in [2.45, 2.75) is 57.4 Å². The van der Waals surface area contributed by atoms with Gasteiger partial charge in [-0.3, -0.25) is 4.79 Å². The minimum Gasteiger partial charge on any atom is -0.448 e. The van der Waals surface area contributed by atoms with Crippen molar-refractivity contribution in [1.29, 1.82) is 0 Å². The lowest BCUT2D eigenvalue weighted by Crippen LogP contribution is -2.40. The molecule has 1 atom stereocenters. The predicted octanol–water partition coefficient (Wildman–Crippen LogP) is 4.72. The summed E-state index contributed by atoms with van der Waals surface area (Å²) >= 11 is 0. The Bertz CT molecular complexity index is 895. The van der Waals surface area contributed by atoms with E-state index in [2.05, 4.69) is 5.32 Å². The van der Waals surface area contributed by atoms with Crippen LogP contribution in [0.15, 0.2) is 42.5 Å². The Morgan fingerprint density at radius 3 is 2.66 bits per heavy atom. The number of ether oxygens (including phenoxy) is 2. The highest BCUT2D eigenvalue weighted by molar-refractivity contribution is 5.84. The fourth-order valence-electron chi connectivity index (χ4n) is 4.11. The average Bonchev–Trinajstić information content (AvgIpc) is 3.04. The molecule has 1 aliphatic carbocycles. The van der Waals surface area contributed by atoms with E-state index in [9.17, 15) is 9.18 Å². The van der Waals surface area contributed by atoms with E-state index in [1.807, 2.05) is 31.2 Å². The Hall–Kier alpha value is -2.76. The van der Waals surface area contributed by atoms with Gasteiger partial charge in [-0.1, -0.05) is 18.6 Å². The number of carbonyl (C=O) groups is 1. The molecule has 1 aliphatic heterocycles. The minimum atomic E-state index is -0.508. The van der Waals surface area contributed by atoms with Gasteiger partial charge in [-0.2, -0.15) is 0 Å². The second-order valence-electron chi connectivity index (χ2n) is 8.03. The molecule has 6 heteroatoms. The topological polar surface area (TPSA) is 50.8 Å². The standard InChI is InChI=1S/C23H27FN2O3/c1-16(22(27)26(2)15-17-7-6-8-18(24)13-17)25-19-9-10-20-21(14-19)29-23(28-20)11-4-3-5-12-23/h6-10,13-14,16,25H,3-5,11-12,15H2,1-2H3. The van der Waals surface area contributed by atoms with Crippen molar-refractivity contribution in [3.8, 4) is 11.5 Å². The van der Waals surface area contributed by atoms with Crippen LogP contribution in [-0.2, 0) is 11.3 Å². The quantitative estimate of drug-likeness (QED) is 0.792. The molecule has 2 aliphatic rings. The monoisotopic (exact) mass is 398 g/mol. The zero-order valence-electron chi connectivity index (χ0n) is 16.9. The highest BCUT2D eigenvalue weighted by atomic mass is 19.1. The zero-order valence-corrected chi connectivity index (χ0v) is 16.9. The molecule has 1 fully saturated rings. The first-order chi connectivity index (χ1) is 13.9. The fraction of sp³-hybridized carbons (Fsp3) is 0.435. The molecular weight excluding hydrogens is 371 g/mol. The highest BCUT2D eigenvalue weighted by Gasteiger charge is 2.42. The summed E-state index contributed by atoms with van der Waals surface area (Å²) in [6.07, 6.45) is 5.26. The number of halogens is 1. The van der Waals surface area contributed by atoms with Crippen LogP contribution < -0.4 is 14.8 Å². The number of carbonyl (C=O) groups excluding carboxylic acids is 1. The third kappa shape index (κ3) is 4.31. The Labute approximate surface area is 170 Å². The Balaban J connectivity index is 1.38. The number of nitrogens with zero attached hydrogens (tertiary/aromatic N) is 1. The molecule has 1 amide bonds. The van der Waals surface area contributed by atoms with Crippen molar-refractivity contribution in [1.82, 2.24) is 4.90 Å². The van der Waals surface area contributed by atoms with E-state index in [4.69, 9.17) is 9.47 Å². The number of fused-ring (bicyclic) bond motifs is 1. The molecule has 4 rings (SSSR count). The molecular formula is C23H27FN2O3. The van der Waals surface area contributed by atoms with E-state index in [0.717, 1.165) is 48.4 Å². The summed E-state index contributed by atoms with van der Waals surface area (Å²) in [6.45, 7) is 2.17. The van der Waals surface area contributed by atoms with Crippen LogP contribution >= 0.6 is 0 Å². The van der Waals surface area contributed by atoms with Crippen molar-refractivity contribution in [2.75, 3.05) is 12.4 Å². The smallest absolute Gasteiger partial charge is 0.251 e. The summed E-state index contributed by atoms with van der Waals surface area (Å²) in [5.41, 5.74) is 1.56. The van der Waals surface area contributed by atoms with Crippen molar-refractivity contribution < 1.29 is 18.7 Å². The molecule has 1 unspecified atom stereocenters. The maximum Gasteiger partial charge on any atom is 0.251 e. The fourth-order valence-corrected chi connectivity index (χ4v) is 4.11. The lowest BCUT2D eigenvalue weighted by molar-refractivity contribution is -0.130. The molecule has 0 saturated heterocycles. The predicted molar refractivity (Wildman–Crippen MR) is 109 cm³/mol. The van der Waals surface area contributed by atoms with E-state index in [1.165, 1.54) is 18.6 Å². The maximum atomic E-state index is 13.4. The van der Waals surface area contributed by atoms with E-state index in [0.29, 0.717) is 6.54 Å². The van der Waals surface area contributed by atoms with Crippen LogP contribution in [0, 0.1) is 5.82 Å². The Morgan fingerprint density at radius 1 is 1.14 bits per heavy atom. The van der Waals surface area contributed by atoms with Crippen LogP contribution in [-0.4, -0.2) is 29.7 Å². The van der Waals surface area contributed by atoms with Gasteiger partial charge in [0, 0.05) is 38.2 Å². The summed E-state index contributed by atoms with van der Waals surface area (Å²) in [7, 11) is 1.72. The number of likely N-dealkylation sites (N-methyl/N-ethyl adjacent to an activating group) is 1. The zero-order chi connectivity index (χ0) is 20.4. The number of nitrogens with one attached hydrogen (secondary N) is 1. The number of hydrogen-bond donors (Lipinski definition) is 1. The summed E-state index contributed by atoms with van der Waals surface area (Å²) in [6, 6.07) is 11.6. The summed E-state index contributed by atoms with van der Waals surface area (Å²) in [5.74, 6) is 0.608. The van der Waals surface area contributed by atoms with Crippen LogP contribution in [0.2, 0.25) is 0 Å². The van der Waals surface area contributed by atoms with Gasteiger partial charge in [-0.05, 0) is 49.6 Å². The van der Waals surface area contributed by atoms with Gasteiger partial charge in [-0.15, -0.1) is 0 Å². The molecule has 1 saturated carbocycles. The third-order valence-corrected chi connectivity index (χ3v) is 5.59. The van der Waals surface area contributed by atoms with Gasteiger partial charge in [0.25, 0.3) is 5.79 Å². The normalized spacial score (nSPS) is 17.8. The van der Waals surface area contributed by atoms with E-state index < -0.39 is 11.8 Å². The van der Waals surface area contributed by atoms with Crippen molar-refractivity contribution in [3.63, 3.8) is 0 Å². The Kier molecular flexibility index (Phi) is 5.35. The number of amides is 1. The van der Waals surface area contributed by atoms with Crippen LogP contribution in [0.3, 0.4) is 0 Å². The first kappa shape index (κ1) is 19.6.